The lowest BCUT2D eigenvalue weighted by atomic mass is 9.77. The van der Waals surface area contributed by atoms with Crippen molar-refractivity contribution in [1.82, 2.24) is 0 Å². The minimum absolute atomic E-state index is 0.172. The van der Waals surface area contributed by atoms with E-state index < -0.39 is 0 Å². The first-order valence-corrected chi connectivity index (χ1v) is 5.82. The lowest BCUT2D eigenvalue weighted by Crippen LogP contribution is -2.38. The van der Waals surface area contributed by atoms with Gasteiger partial charge in [-0.05, 0) is 30.5 Å². The van der Waals surface area contributed by atoms with Gasteiger partial charge < -0.3 is 15.6 Å². The van der Waals surface area contributed by atoms with Gasteiger partial charge in [-0.25, -0.2) is 0 Å². The maximum Gasteiger partial charge on any atom is 0.160 e. The van der Waals surface area contributed by atoms with Gasteiger partial charge in [-0.15, -0.1) is 0 Å². The molecule has 1 saturated carbocycles. The third kappa shape index (κ3) is 2.00. The van der Waals surface area contributed by atoms with E-state index in [1.54, 1.807) is 13.2 Å². The summed E-state index contributed by atoms with van der Waals surface area (Å²) < 4.78 is 5.12. The van der Waals surface area contributed by atoms with Crippen molar-refractivity contribution in [2.75, 3.05) is 7.11 Å². The molecule has 1 aromatic carbocycles. The van der Waals surface area contributed by atoms with Crippen molar-refractivity contribution in [3.63, 3.8) is 0 Å². The zero-order valence-corrected chi connectivity index (χ0v) is 9.70. The summed E-state index contributed by atoms with van der Waals surface area (Å²) >= 11 is 0. The smallest absolute Gasteiger partial charge is 0.160 e. The predicted octanol–water partition coefficient (Wildman–Crippen LogP) is 2.52. The highest BCUT2D eigenvalue weighted by atomic mass is 16.5. The van der Waals surface area contributed by atoms with Crippen LogP contribution in [0.25, 0.3) is 0 Å². The van der Waals surface area contributed by atoms with Gasteiger partial charge in [0, 0.05) is 5.54 Å². The molecule has 1 aliphatic rings. The maximum atomic E-state index is 9.55. The number of benzene rings is 1. The summed E-state index contributed by atoms with van der Waals surface area (Å²) in [7, 11) is 1.56. The molecule has 16 heavy (non-hydrogen) atoms. The van der Waals surface area contributed by atoms with E-state index in [9.17, 15) is 5.11 Å². The van der Waals surface area contributed by atoms with Crippen LogP contribution in [0.15, 0.2) is 18.2 Å². The molecule has 1 aliphatic carbocycles. The molecular weight excluding hydrogens is 202 g/mol. The summed E-state index contributed by atoms with van der Waals surface area (Å²) in [5, 5.41) is 9.55. The SMILES string of the molecule is COc1cc(C2(N)CCCCC2)ccc1O. The van der Waals surface area contributed by atoms with Crippen molar-refractivity contribution in [1.29, 1.82) is 0 Å². The van der Waals surface area contributed by atoms with E-state index in [-0.39, 0.29) is 11.3 Å². The second-order valence-corrected chi connectivity index (χ2v) is 4.60. The van der Waals surface area contributed by atoms with E-state index in [2.05, 4.69) is 0 Å². The second kappa shape index (κ2) is 4.34. The zero-order valence-electron chi connectivity index (χ0n) is 9.70. The highest BCUT2D eigenvalue weighted by Crippen LogP contribution is 2.38. The number of aromatic hydroxyl groups is 1. The molecule has 2 rings (SSSR count). The lowest BCUT2D eigenvalue weighted by molar-refractivity contribution is 0.299. The molecule has 3 N–H and O–H groups in total. The molecule has 0 aliphatic heterocycles. The lowest BCUT2D eigenvalue weighted by Gasteiger charge is -2.34. The van der Waals surface area contributed by atoms with E-state index in [4.69, 9.17) is 10.5 Å². The Morgan fingerprint density at radius 3 is 2.56 bits per heavy atom. The van der Waals surface area contributed by atoms with E-state index in [1.807, 2.05) is 12.1 Å². The number of phenols is 1. The molecule has 0 aromatic heterocycles. The largest absolute Gasteiger partial charge is 0.504 e. The Morgan fingerprint density at radius 1 is 1.25 bits per heavy atom. The fraction of sp³-hybridized carbons (Fsp3) is 0.538. The summed E-state index contributed by atoms with van der Waals surface area (Å²) in [6, 6.07) is 5.43. The Labute approximate surface area is 96.2 Å². The molecule has 3 heteroatoms. The van der Waals surface area contributed by atoms with Crippen molar-refractivity contribution in [3.8, 4) is 11.5 Å². The fourth-order valence-electron chi connectivity index (χ4n) is 2.46. The monoisotopic (exact) mass is 221 g/mol. The van der Waals surface area contributed by atoms with E-state index in [0.29, 0.717) is 5.75 Å². The number of phenolic OH excluding ortho intramolecular Hbond substituents is 1. The molecule has 1 aromatic rings. The molecular formula is C13H19NO2. The number of nitrogens with two attached hydrogens (primary N) is 1. The third-order valence-corrected chi connectivity index (χ3v) is 3.50. The van der Waals surface area contributed by atoms with Crippen molar-refractivity contribution >= 4 is 0 Å². The van der Waals surface area contributed by atoms with Gasteiger partial charge in [0.2, 0.25) is 0 Å². The maximum absolute atomic E-state index is 9.55. The van der Waals surface area contributed by atoms with Gasteiger partial charge in [-0.1, -0.05) is 25.3 Å². The standard InChI is InChI=1S/C13H19NO2/c1-16-12-9-10(5-6-11(12)15)13(14)7-3-2-4-8-13/h5-6,9,15H,2-4,7-8,14H2,1H3. The van der Waals surface area contributed by atoms with Crippen molar-refractivity contribution in [2.45, 2.75) is 37.6 Å². The number of hydrogen-bond donors (Lipinski definition) is 2. The van der Waals surface area contributed by atoms with Crippen molar-refractivity contribution in [2.24, 2.45) is 5.73 Å². The summed E-state index contributed by atoms with van der Waals surface area (Å²) in [5.41, 5.74) is 7.25. The van der Waals surface area contributed by atoms with Crippen LogP contribution in [0.3, 0.4) is 0 Å². The Morgan fingerprint density at radius 2 is 1.94 bits per heavy atom. The number of hydrogen-bond acceptors (Lipinski definition) is 3. The molecule has 0 radical (unpaired) electrons. The normalized spacial score (nSPS) is 19.4. The van der Waals surface area contributed by atoms with Gasteiger partial charge in [0.15, 0.2) is 11.5 Å². The van der Waals surface area contributed by atoms with Crippen LogP contribution in [0.5, 0.6) is 11.5 Å². The van der Waals surface area contributed by atoms with Crippen LogP contribution < -0.4 is 10.5 Å². The third-order valence-electron chi connectivity index (χ3n) is 3.50. The highest BCUT2D eigenvalue weighted by molar-refractivity contribution is 5.44. The molecule has 3 nitrogen and oxygen atoms in total. The van der Waals surface area contributed by atoms with Gasteiger partial charge in [0.05, 0.1) is 7.11 Å². The van der Waals surface area contributed by atoms with Gasteiger partial charge in [-0.2, -0.15) is 0 Å². The molecule has 0 spiro atoms. The van der Waals surface area contributed by atoms with Crippen molar-refractivity contribution in [3.05, 3.63) is 23.8 Å². The number of methoxy groups -OCH3 is 1. The average Bonchev–Trinajstić information content (AvgIpc) is 2.30. The van der Waals surface area contributed by atoms with Crippen LogP contribution in [0.4, 0.5) is 0 Å². The van der Waals surface area contributed by atoms with Gasteiger partial charge in [0.1, 0.15) is 0 Å². The fourth-order valence-corrected chi connectivity index (χ4v) is 2.46. The summed E-state index contributed by atoms with van der Waals surface area (Å²) in [6.45, 7) is 0. The van der Waals surface area contributed by atoms with Crippen LogP contribution in [0, 0.1) is 0 Å². The molecule has 0 amide bonds. The first-order valence-electron chi connectivity index (χ1n) is 5.82. The Bertz CT molecular complexity index is 370. The van der Waals surface area contributed by atoms with Gasteiger partial charge in [0.25, 0.3) is 0 Å². The Hall–Kier alpha value is -1.22. The van der Waals surface area contributed by atoms with Crippen LogP contribution in [0.2, 0.25) is 0 Å². The topological polar surface area (TPSA) is 55.5 Å². The molecule has 88 valence electrons. The van der Waals surface area contributed by atoms with Gasteiger partial charge >= 0.3 is 0 Å². The first kappa shape index (κ1) is 11.3. The first-order chi connectivity index (χ1) is 7.65. The molecule has 1 fully saturated rings. The van der Waals surface area contributed by atoms with Crippen LogP contribution in [-0.2, 0) is 5.54 Å². The van der Waals surface area contributed by atoms with Crippen LogP contribution >= 0.6 is 0 Å². The number of ether oxygens (including phenoxy) is 1. The Kier molecular flexibility index (Phi) is 3.06. The van der Waals surface area contributed by atoms with E-state index in [0.717, 1.165) is 18.4 Å². The minimum Gasteiger partial charge on any atom is -0.504 e. The highest BCUT2D eigenvalue weighted by Gasteiger charge is 2.29. The second-order valence-electron chi connectivity index (χ2n) is 4.60. The zero-order chi connectivity index (χ0) is 11.6. The van der Waals surface area contributed by atoms with Gasteiger partial charge in [-0.3, -0.25) is 0 Å². The van der Waals surface area contributed by atoms with Crippen molar-refractivity contribution < 1.29 is 9.84 Å². The van der Waals surface area contributed by atoms with E-state index in [1.165, 1.54) is 19.3 Å². The molecule has 0 saturated heterocycles. The van der Waals surface area contributed by atoms with Crippen LogP contribution in [-0.4, -0.2) is 12.2 Å². The molecule has 0 atom stereocenters. The molecule has 0 bridgehead atoms. The number of rotatable bonds is 2. The molecule has 0 heterocycles. The predicted molar refractivity (Wildman–Crippen MR) is 63.6 cm³/mol. The minimum atomic E-state index is -0.237. The summed E-state index contributed by atoms with van der Waals surface area (Å²) in [5.74, 6) is 0.679. The Balaban J connectivity index is 2.32. The summed E-state index contributed by atoms with van der Waals surface area (Å²) in [4.78, 5) is 0. The van der Waals surface area contributed by atoms with E-state index >= 15 is 0 Å². The molecule has 0 unspecified atom stereocenters. The average molecular weight is 221 g/mol. The quantitative estimate of drug-likeness (QED) is 0.806. The van der Waals surface area contributed by atoms with Crippen LogP contribution in [0.1, 0.15) is 37.7 Å². The summed E-state index contributed by atoms with van der Waals surface area (Å²) in [6.07, 6.45) is 5.66.